The minimum absolute atomic E-state index is 0.108. The summed E-state index contributed by atoms with van der Waals surface area (Å²) in [5.74, 6) is -0.980. The third-order valence-electron chi connectivity index (χ3n) is 2.92. The lowest BCUT2D eigenvalue weighted by Crippen LogP contribution is -2.13. The standard InChI is InChI=1S/C15H15F2NO/c16-12-4-7-15(17)11(9-12)10-14(19)6-5-13-3-1-2-8-18-13/h1-4,7-9,14,19H,5-6,10H2. The van der Waals surface area contributed by atoms with E-state index in [1.807, 2.05) is 18.2 Å². The van der Waals surface area contributed by atoms with Crippen molar-refractivity contribution in [2.75, 3.05) is 0 Å². The summed E-state index contributed by atoms with van der Waals surface area (Å²) in [4.78, 5) is 4.14. The highest BCUT2D eigenvalue weighted by Crippen LogP contribution is 2.14. The Morgan fingerprint density at radius 3 is 2.74 bits per heavy atom. The minimum atomic E-state index is -0.710. The highest BCUT2D eigenvalue weighted by molar-refractivity contribution is 5.19. The van der Waals surface area contributed by atoms with Gasteiger partial charge in [0.1, 0.15) is 11.6 Å². The van der Waals surface area contributed by atoms with Crippen molar-refractivity contribution >= 4 is 0 Å². The zero-order valence-corrected chi connectivity index (χ0v) is 10.4. The van der Waals surface area contributed by atoms with E-state index in [1.165, 1.54) is 0 Å². The zero-order valence-electron chi connectivity index (χ0n) is 10.4. The van der Waals surface area contributed by atoms with Gasteiger partial charge in [-0.05, 0) is 48.7 Å². The Kier molecular flexibility index (Phi) is 4.58. The van der Waals surface area contributed by atoms with Gasteiger partial charge in [-0.25, -0.2) is 8.78 Å². The Morgan fingerprint density at radius 2 is 2.00 bits per heavy atom. The molecule has 1 aromatic carbocycles. The summed E-state index contributed by atoms with van der Waals surface area (Å²) in [6.45, 7) is 0. The molecule has 1 atom stereocenters. The Labute approximate surface area is 110 Å². The molecular formula is C15H15F2NO. The van der Waals surface area contributed by atoms with Crippen molar-refractivity contribution in [2.45, 2.75) is 25.4 Å². The molecule has 1 unspecified atom stereocenters. The first-order chi connectivity index (χ1) is 9.15. The molecule has 1 aromatic heterocycles. The van der Waals surface area contributed by atoms with Crippen LogP contribution in [-0.2, 0) is 12.8 Å². The van der Waals surface area contributed by atoms with E-state index in [4.69, 9.17) is 0 Å². The molecule has 2 nitrogen and oxygen atoms in total. The van der Waals surface area contributed by atoms with Crippen LogP contribution in [0.3, 0.4) is 0 Å². The van der Waals surface area contributed by atoms with Gasteiger partial charge in [0, 0.05) is 18.3 Å². The van der Waals surface area contributed by atoms with E-state index in [9.17, 15) is 13.9 Å². The summed E-state index contributed by atoms with van der Waals surface area (Å²) in [5, 5.41) is 9.86. The molecule has 1 heterocycles. The van der Waals surface area contributed by atoms with E-state index in [2.05, 4.69) is 4.98 Å². The molecule has 100 valence electrons. The zero-order chi connectivity index (χ0) is 13.7. The molecule has 0 fully saturated rings. The van der Waals surface area contributed by atoms with Gasteiger partial charge in [-0.2, -0.15) is 0 Å². The van der Waals surface area contributed by atoms with Crippen LogP contribution in [-0.4, -0.2) is 16.2 Å². The molecule has 2 rings (SSSR count). The van der Waals surface area contributed by atoms with Crippen LogP contribution >= 0.6 is 0 Å². The SMILES string of the molecule is OC(CCc1ccccn1)Cc1cc(F)ccc1F. The highest BCUT2D eigenvalue weighted by atomic mass is 19.1. The highest BCUT2D eigenvalue weighted by Gasteiger charge is 2.11. The fourth-order valence-corrected chi connectivity index (χ4v) is 1.92. The predicted octanol–water partition coefficient (Wildman–Crippen LogP) is 2.90. The number of aryl methyl sites for hydroxylation is 1. The number of hydrogen-bond acceptors (Lipinski definition) is 2. The van der Waals surface area contributed by atoms with E-state index in [1.54, 1.807) is 6.20 Å². The predicted molar refractivity (Wildman–Crippen MR) is 68.6 cm³/mol. The van der Waals surface area contributed by atoms with Gasteiger partial charge >= 0.3 is 0 Å². The molecular weight excluding hydrogens is 248 g/mol. The van der Waals surface area contributed by atoms with Gasteiger partial charge in [0.15, 0.2) is 0 Å². The first-order valence-corrected chi connectivity index (χ1v) is 6.17. The summed E-state index contributed by atoms with van der Waals surface area (Å²) < 4.78 is 26.4. The minimum Gasteiger partial charge on any atom is -0.393 e. The number of aliphatic hydroxyl groups is 1. The molecule has 1 N–H and O–H groups in total. The molecule has 0 aliphatic heterocycles. The maximum atomic E-state index is 13.4. The number of halogens is 2. The molecule has 0 radical (unpaired) electrons. The van der Waals surface area contributed by atoms with Gasteiger partial charge < -0.3 is 5.11 Å². The number of aliphatic hydroxyl groups excluding tert-OH is 1. The molecule has 0 aliphatic rings. The smallest absolute Gasteiger partial charge is 0.126 e. The van der Waals surface area contributed by atoms with Gasteiger partial charge in [-0.15, -0.1) is 0 Å². The molecule has 2 aromatic rings. The normalized spacial score (nSPS) is 12.4. The lowest BCUT2D eigenvalue weighted by atomic mass is 10.0. The lowest BCUT2D eigenvalue weighted by molar-refractivity contribution is 0.163. The van der Waals surface area contributed by atoms with Crippen molar-refractivity contribution in [1.29, 1.82) is 0 Å². The van der Waals surface area contributed by atoms with E-state index in [-0.39, 0.29) is 12.0 Å². The van der Waals surface area contributed by atoms with Crippen molar-refractivity contribution < 1.29 is 13.9 Å². The van der Waals surface area contributed by atoms with Crippen LogP contribution < -0.4 is 0 Å². The first-order valence-electron chi connectivity index (χ1n) is 6.17. The average molecular weight is 263 g/mol. The molecule has 0 saturated heterocycles. The molecule has 19 heavy (non-hydrogen) atoms. The lowest BCUT2D eigenvalue weighted by Gasteiger charge is -2.11. The van der Waals surface area contributed by atoms with Crippen LogP contribution in [0.15, 0.2) is 42.6 Å². The summed E-state index contributed by atoms with van der Waals surface area (Å²) >= 11 is 0. The van der Waals surface area contributed by atoms with Crippen molar-refractivity contribution in [3.05, 3.63) is 65.5 Å². The Bertz CT molecular complexity index is 531. The van der Waals surface area contributed by atoms with Gasteiger partial charge in [0.05, 0.1) is 6.10 Å². The van der Waals surface area contributed by atoms with E-state index < -0.39 is 17.7 Å². The number of benzene rings is 1. The number of aromatic nitrogens is 1. The second-order valence-corrected chi connectivity index (χ2v) is 4.45. The van der Waals surface area contributed by atoms with Gasteiger partial charge in [-0.1, -0.05) is 6.07 Å². The third kappa shape index (κ3) is 4.10. The monoisotopic (exact) mass is 263 g/mol. The van der Waals surface area contributed by atoms with Crippen LogP contribution in [0.25, 0.3) is 0 Å². The second kappa shape index (κ2) is 6.38. The fraction of sp³-hybridized carbons (Fsp3) is 0.267. The summed E-state index contributed by atoms with van der Waals surface area (Å²) in [7, 11) is 0. The average Bonchev–Trinajstić information content (AvgIpc) is 2.42. The molecule has 0 amide bonds. The molecule has 0 saturated carbocycles. The van der Waals surface area contributed by atoms with Crippen LogP contribution in [0.4, 0.5) is 8.78 Å². The Hall–Kier alpha value is -1.81. The van der Waals surface area contributed by atoms with E-state index in [0.717, 1.165) is 23.9 Å². The van der Waals surface area contributed by atoms with Gasteiger partial charge in [-0.3, -0.25) is 4.98 Å². The molecule has 0 aliphatic carbocycles. The number of rotatable bonds is 5. The quantitative estimate of drug-likeness (QED) is 0.899. The van der Waals surface area contributed by atoms with Crippen molar-refractivity contribution in [3.8, 4) is 0 Å². The maximum Gasteiger partial charge on any atom is 0.126 e. The number of pyridine rings is 1. The van der Waals surface area contributed by atoms with Crippen LogP contribution in [0.5, 0.6) is 0 Å². The maximum absolute atomic E-state index is 13.4. The molecule has 0 bridgehead atoms. The first kappa shape index (κ1) is 13.6. The Morgan fingerprint density at radius 1 is 1.16 bits per heavy atom. The van der Waals surface area contributed by atoms with Crippen molar-refractivity contribution in [2.24, 2.45) is 0 Å². The van der Waals surface area contributed by atoms with Crippen LogP contribution in [0, 0.1) is 11.6 Å². The summed E-state index contributed by atoms with van der Waals surface area (Å²) in [5.41, 5.74) is 1.08. The number of nitrogens with zero attached hydrogens (tertiary/aromatic N) is 1. The van der Waals surface area contributed by atoms with Crippen molar-refractivity contribution in [3.63, 3.8) is 0 Å². The summed E-state index contributed by atoms with van der Waals surface area (Å²) in [6, 6.07) is 8.84. The topological polar surface area (TPSA) is 33.1 Å². The molecule has 0 spiro atoms. The Balaban J connectivity index is 1.90. The summed E-state index contributed by atoms with van der Waals surface area (Å²) in [6.07, 6.45) is 2.16. The largest absolute Gasteiger partial charge is 0.393 e. The fourth-order valence-electron chi connectivity index (χ4n) is 1.92. The van der Waals surface area contributed by atoms with Crippen LogP contribution in [0.1, 0.15) is 17.7 Å². The van der Waals surface area contributed by atoms with E-state index >= 15 is 0 Å². The van der Waals surface area contributed by atoms with Gasteiger partial charge in [0.2, 0.25) is 0 Å². The van der Waals surface area contributed by atoms with Crippen LogP contribution in [0.2, 0.25) is 0 Å². The third-order valence-corrected chi connectivity index (χ3v) is 2.92. The second-order valence-electron chi connectivity index (χ2n) is 4.45. The van der Waals surface area contributed by atoms with E-state index in [0.29, 0.717) is 12.8 Å². The van der Waals surface area contributed by atoms with Crippen molar-refractivity contribution in [1.82, 2.24) is 4.98 Å². The van der Waals surface area contributed by atoms with Gasteiger partial charge in [0.25, 0.3) is 0 Å². The number of hydrogen-bond donors (Lipinski definition) is 1. The molecule has 4 heteroatoms.